The molecule has 2 aromatic carbocycles. The number of fused-ring (bicyclic) bond motifs is 1. The van der Waals surface area contributed by atoms with Gasteiger partial charge in [0.2, 0.25) is 5.88 Å². The number of benzene rings is 2. The van der Waals surface area contributed by atoms with Crippen LogP contribution in [0, 0.1) is 0 Å². The quantitative estimate of drug-likeness (QED) is 0.881. The third kappa shape index (κ3) is 3.02. The van der Waals surface area contributed by atoms with Gasteiger partial charge in [-0.3, -0.25) is 0 Å². The zero-order valence-electron chi connectivity index (χ0n) is 13.5. The van der Waals surface area contributed by atoms with E-state index in [0.29, 0.717) is 18.0 Å². The van der Waals surface area contributed by atoms with E-state index in [0.717, 1.165) is 40.9 Å². The van der Waals surface area contributed by atoms with E-state index in [1.54, 1.807) is 0 Å². The Morgan fingerprint density at radius 2 is 1.84 bits per heavy atom. The number of ether oxygens (including phenoxy) is 1. The second kappa shape index (κ2) is 6.00. The van der Waals surface area contributed by atoms with Crippen LogP contribution < -0.4 is 13.8 Å². The number of nitrogens with zero attached hydrogens (tertiary/aromatic N) is 1. The molecule has 0 spiro atoms. The number of hydrogen-bond acceptors (Lipinski definition) is 4. The highest BCUT2D eigenvalue weighted by Crippen LogP contribution is 2.38. The number of aryl methyl sites for hydroxylation is 2. The van der Waals surface area contributed by atoms with Gasteiger partial charge in [-0.1, -0.05) is 30.3 Å². The molecular weight excluding hydrogens is 340 g/mol. The topological polar surface area (TPSA) is 78.9 Å². The van der Waals surface area contributed by atoms with Gasteiger partial charge in [0.1, 0.15) is 18.0 Å². The first-order valence-corrected chi connectivity index (χ1v) is 9.52. The zero-order valence-corrected chi connectivity index (χ0v) is 14.3. The third-order valence-electron chi connectivity index (χ3n) is 4.38. The molecule has 1 aliphatic heterocycles. The number of nitrogens with one attached hydrogen (secondary N) is 1. The summed E-state index contributed by atoms with van der Waals surface area (Å²) in [6, 6.07) is 13.5. The zero-order chi connectivity index (χ0) is 17.4. The maximum absolute atomic E-state index is 12.2. The van der Waals surface area contributed by atoms with Crippen molar-refractivity contribution in [2.45, 2.75) is 25.9 Å². The van der Waals surface area contributed by atoms with Crippen molar-refractivity contribution < 1.29 is 18.3 Å². The fraction of sp³-hybridized carbons (Fsp3) is 0.222. The van der Waals surface area contributed by atoms with Gasteiger partial charge in [0, 0.05) is 0 Å². The summed E-state index contributed by atoms with van der Waals surface area (Å²) in [7, 11) is -3.85. The molecule has 7 heteroatoms. The van der Waals surface area contributed by atoms with Crippen LogP contribution in [0.3, 0.4) is 0 Å². The Labute approximate surface area is 146 Å². The van der Waals surface area contributed by atoms with Gasteiger partial charge >= 0.3 is 10.2 Å². The van der Waals surface area contributed by atoms with Crippen molar-refractivity contribution in [1.29, 1.82) is 0 Å². The average Bonchev–Trinajstić information content (AvgIpc) is 3.15. The predicted octanol–water partition coefficient (Wildman–Crippen LogP) is 2.77. The maximum Gasteiger partial charge on any atom is 0.330 e. The first-order chi connectivity index (χ1) is 12.0. The van der Waals surface area contributed by atoms with Crippen molar-refractivity contribution in [3.8, 4) is 5.75 Å². The normalized spacial score (nSPS) is 17.8. The molecule has 2 N–H and O–H groups in total. The number of anilines is 1. The van der Waals surface area contributed by atoms with Crippen LogP contribution in [0.1, 0.15) is 23.1 Å². The van der Waals surface area contributed by atoms with E-state index in [9.17, 15) is 13.5 Å². The van der Waals surface area contributed by atoms with E-state index in [4.69, 9.17) is 4.74 Å². The first kappa shape index (κ1) is 15.8. The lowest BCUT2D eigenvalue weighted by Gasteiger charge is -2.20. The standard InChI is InChI=1S/C18H18N2O4S/c21-18-11-20(25(22,23)19-18)16-9-14-7-4-8-15(14)10-17(16)24-12-13-5-2-1-3-6-13/h1-3,5-6,9-11,19,21H,4,7-8,12H2. The highest BCUT2D eigenvalue weighted by Gasteiger charge is 2.32. The van der Waals surface area contributed by atoms with Gasteiger partial charge in [0.15, 0.2) is 0 Å². The number of rotatable bonds is 4. The van der Waals surface area contributed by atoms with E-state index in [1.165, 1.54) is 5.56 Å². The van der Waals surface area contributed by atoms with Crippen molar-refractivity contribution in [2.75, 3.05) is 4.31 Å². The van der Waals surface area contributed by atoms with Crippen LogP contribution in [0.25, 0.3) is 0 Å². The van der Waals surface area contributed by atoms with Crippen LogP contribution in [-0.4, -0.2) is 13.5 Å². The molecule has 25 heavy (non-hydrogen) atoms. The smallest absolute Gasteiger partial charge is 0.330 e. The van der Waals surface area contributed by atoms with Gasteiger partial charge < -0.3 is 9.84 Å². The number of aliphatic hydroxyl groups is 1. The highest BCUT2D eigenvalue weighted by molar-refractivity contribution is 7.91. The lowest BCUT2D eigenvalue weighted by Crippen LogP contribution is -2.30. The van der Waals surface area contributed by atoms with Gasteiger partial charge in [0.25, 0.3) is 0 Å². The van der Waals surface area contributed by atoms with Gasteiger partial charge in [0.05, 0.1) is 6.20 Å². The summed E-state index contributed by atoms with van der Waals surface area (Å²) in [6.07, 6.45) is 4.08. The van der Waals surface area contributed by atoms with Crippen LogP contribution in [0.5, 0.6) is 5.75 Å². The summed E-state index contributed by atoms with van der Waals surface area (Å²) in [5.74, 6) is 0.0790. The molecule has 0 aromatic heterocycles. The van der Waals surface area contributed by atoms with Gasteiger partial charge in [-0.15, -0.1) is 0 Å². The van der Waals surface area contributed by atoms with Crippen molar-refractivity contribution in [3.05, 3.63) is 71.2 Å². The molecule has 0 saturated heterocycles. The van der Waals surface area contributed by atoms with Crippen molar-refractivity contribution >= 4 is 15.9 Å². The molecule has 0 bridgehead atoms. The molecular formula is C18H18N2O4S. The van der Waals surface area contributed by atoms with Crippen LogP contribution in [0.15, 0.2) is 54.5 Å². The van der Waals surface area contributed by atoms with E-state index in [1.807, 2.05) is 42.5 Å². The molecule has 2 aromatic rings. The number of aliphatic hydroxyl groups excluding tert-OH is 1. The van der Waals surface area contributed by atoms with E-state index < -0.39 is 16.1 Å². The second-order valence-electron chi connectivity index (χ2n) is 6.13. The average molecular weight is 358 g/mol. The fourth-order valence-corrected chi connectivity index (χ4v) is 4.25. The van der Waals surface area contributed by atoms with Gasteiger partial charge in [-0.25, -0.2) is 9.03 Å². The summed E-state index contributed by atoms with van der Waals surface area (Å²) in [5.41, 5.74) is 3.71. The Hall–Kier alpha value is -2.67. The van der Waals surface area contributed by atoms with Crippen molar-refractivity contribution in [3.63, 3.8) is 0 Å². The summed E-state index contributed by atoms with van der Waals surface area (Å²) >= 11 is 0. The summed E-state index contributed by atoms with van der Waals surface area (Å²) in [4.78, 5) is 0. The molecule has 1 heterocycles. The summed E-state index contributed by atoms with van der Waals surface area (Å²) in [6.45, 7) is 0.337. The maximum atomic E-state index is 12.2. The molecule has 4 rings (SSSR count). The molecule has 0 atom stereocenters. The van der Waals surface area contributed by atoms with Crippen LogP contribution in [-0.2, 0) is 29.7 Å². The summed E-state index contributed by atoms with van der Waals surface area (Å²) in [5, 5.41) is 9.58. The number of hydrogen-bond donors (Lipinski definition) is 2. The van der Waals surface area contributed by atoms with Gasteiger partial charge in [-0.2, -0.15) is 8.42 Å². The van der Waals surface area contributed by atoms with Crippen LogP contribution in [0.4, 0.5) is 5.69 Å². The largest absolute Gasteiger partial charge is 0.493 e. The molecule has 0 saturated carbocycles. The SMILES string of the molecule is O=S1(=O)NC(O)=CN1c1cc2c(cc1OCc1ccccc1)CCC2. The monoisotopic (exact) mass is 358 g/mol. The van der Waals surface area contributed by atoms with Gasteiger partial charge in [-0.05, 0) is 48.1 Å². The minimum absolute atomic E-state index is 0.337. The molecule has 0 amide bonds. The highest BCUT2D eigenvalue weighted by atomic mass is 32.2. The minimum atomic E-state index is -3.85. The summed E-state index contributed by atoms with van der Waals surface area (Å²) < 4.78 is 33.5. The fourth-order valence-electron chi connectivity index (χ4n) is 3.20. The lowest BCUT2D eigenvalue weighted by molar-refractivity contribution is 0.307. The van der Waals surface area contributed by atoms with Crippen molar-refractivity contribution in [1.82, 2.24) is 4.72 Å². The Morgan fingerprint density at radius 3 is 2.52 bits per heavy atom. The molecule has 1 aliphatic carbocycles. The minimum Gasteiger partial charge on any atom is -0.493 e. The van der Waals surface area contributed by atoms with E-state index >= 15 is 0 Å². The molecule has 2 aliphatic rings. The Morgan fingerprint density at radius 1 is 1.12 bits per heavy atom. The first-order valence-electron chi connectivity index (χ1n) is 8.08. The molecule has 0 unspecified atom stereocenters. The van der Waals surface area contributed by atoms with Crippen LogP contribution in [0.2, 0.25) is 0 Å². The van der Waals surface area contributed by atoms with E-state index in [2.05, 4.69) is 4.72 Å². The molecule has 130 valence electrons. The second-order valence-corrected chi connectivity index (χ2v) is 7.68. The molecule has 0 fully saturated rings. The Kier molecular flexibility index (Phi) is 3.80. The third-order valence-corrected chi connectivity index (χ3v) is 5.67. The Balaban J connectivity index is 1.72. The van der Waals surface area contributed by atoms with Crippen molar-refractivity contribution in [2.24, 2.45) is 0 Å². The van der Waals surface area contributed by atoms with E-state index in [-0.39, 0.29) is 0 Å². The lowest BCUT2D eigenvalue weighted by atomic mass is 10.1. The molecule has 0 radical (unpaired) electrons. The predicted molar refractivity (Wildman–Crippen MR) is 94.5 cm³/mol. The van der Waals surface area contributed by atoms with Crippen LogP contribution >= 0.6 is 0 Å². The Bertz CT molecular complexity index is 939. The molecule has 6 nitrogen and oxygen atoms in total.